The van der Waals surface area contributed by atoms with Gasteiger partial charge < -0.3 is 5.32 Å². The summed E-state index contributed by atoms with van der Waals surface area (Å²) in [6.07, 6.45) is 1.44. The zero-order valence-corrected chi connectivity index (χ0v) is 15.6. The predicted octanol–water partition coefficient (Wildman–Crippen LogP) is 1.70. The summed E-state index contributed by atoms with van der Waals surface area (Å²) in [7, 11) is -3.26. The Balaban J connectivity index is 1.93. The molecule has 0 spiro atoms. The molecular weight excluding hydrogens is 340 g/mol. The molecule has 2 aromatic rings. The van der Waals surface area contributed by atoms with Crippen molar-refractivity contribution in [3.8, 4) is 0 Å². The number of carbonyl (C=O) groups excluding carboxylic acids is 1. The van der Waals surface area contributed by atoms with Crippen LogP contribution in [0, 0.1) is 13.8 Å². The van der Waals surface area contributed by atoms with E-state index in [2.05, 4.69) is 20.0 Å². The number of benzene rings is 1. The van der Waals surface area contributed by atoms with Gasteiger partial charge in [0.2, 0.25) is 10.0 Å². The van der Waals surface area contributed by atoms with E-state index >= 15 is 0 Å². The fourth-order valence-corrected chi connectivity index (χ4v) is 3.49. The SMILES string of the molecule is CCCCS(=O)(=O)NCCNC(=O)c1ccc2nc(C)c(C)nc2c1. The second-order valence-corrected chi connectivity index (χ2v) is 7.85. The van der Waals surface area contributed by atoms with Crippen LogP contribution in [-0.2, 0) is 10.0 Å². The number of rotatable bonds is 8. The molecule has 0 atom stereocenters. The molecule has 0 aliphatic carbocycles. The molecule has 0 saturated carbocycles. The van der Waals surface area contributed by atoms with Gasteiger partial charge in [0.05, 0.1) is 28.2 Å². The Labute approximate surface area is 148 Å². The summed E-state index contributed by atoms with van der Waals surface area (Å²) in [5, 5.41) is 2.70. The second kappa shape index (κ2) is 8.35. The first-order valence-corrected chi connectivity index (χ1v) is 9.98. The van der Waals surface area contributed by atoms with E-state index in [4.69, 9.17) is 0 Å². The van der Waals surface area contributed by atoms with Gasteiger partial charge in [-0.05, 0) is 38.5 Å². The number of unbranched alkanes of at least 4 members (excludes halogenated alkanes) is 1. The minimum atomic E-state index is -3.26. The molecular formula is C17H24N4O3S. The topological polar surface area (TPSA) is 101 Å². The van der Waals surface area contributed by atoms with Gasteiger partial charge in [-0.1, -0.05) is 13.3 Å². The van der Waals surface area contributed by atoms with Crippen LogP contribution in [0.2, 0.25) is 0 Å². The van der Waals surface area contributed by atoms with E-state index in [1.165, 1.54) is 0 Å². The van der Waals surface area contributed by atoms with E-state index < -0.39 is 10.0 Å². The van der Waals surface area contributed by atoms with Crippen molar-refractivity contribution in [2.45, 2.75) is 33.6 Å². The summed E-state index contributed by atoms with van der Waals surface area (Å²) in [6, 6.07) is 5.14. The fraction of sp³-hybridized carbons (Fsp3) is 0.471. The number of nitrogens with one attached hydrogen (secondary N) is 2. The molecule has 136 valence electrons. The number of carbonyl (C=O) groups is 1. The van der Waals surface area contributed by atoms with Crippen LogP contribution in [0.1, 0.15) is 41.5 Å². The van der Waals surface area contributed by atoms with E-state index in [-0.39, 0.29) is 24.7 Å². The van der Waals surface area contributed by atoms with Crippen LogP contribution in [0.4, 0.5) is 0 Å². The standard InChI is InChI=1S/C17H24N4O3S/c1-4-5-10-25(23,24)19-9-8-18-17(22)14-6-7-15-16(11-14)21-13(3)12(2)20-15/h6-7,11,19H,4-5,8-10H2,1-3H3,(H,18,22). The first kappa shape index (κ1) is 19.3. The average Bonchev–Trinajstić information content (AvgIpc) is 2.57. The highest BCUT2D eigenvalue weighted by Crippen LogP contribution is 2.14. The third-order valence-electron chi connectivity index (χ3n) is 3.84. The zero-order valence-electron chi connectivity index (χ0n) is 14.8. The highest BCUT2D eigenvalue weighted by atomic mass is 32.2. The Hall–Kier alpha value is -2.06. The van der Waals surface area contributed by atoms with E-state index in [1.54, 1.807) is 18.2 Å². The first-order valence-electron chi connectivity index (χ1n) is 8.33. The Morgan fingerprint density at radius 2 is 1.76 bits per heavy atom. The summed E-state index contributed by atoms with van der Waals surface area (Å²) in [4.78, 5) is 21.1. The second-order valence-electron chi connectivity index (χ2n) is 5.92. The lowest BCUT2D eigenvalue weighted by atomic mass is 10.1. The number of amides is 1. The van der Waals surface area contributed by atoms with Gasteiger partial charge in [0.25, 0.3) is 5.91 Å². The molecule has 2 N–H and O–H groups in total. The largest absolute Gasteiger partial charge is 0.351 e. The summed E-state index contributed by atoms with van der Waals surface area (Å²) >= 11 is 0. The molecule has 1 amide bonds. The molecule has 0 radical (unpaired) electrons. The molecule has 0 aliphatic rings. The molecule has 2 rings (SSSR count). The normalized spacial score (nSPS) is 11.6. The highest BCUT2D eigenvalue weighted by molar-refractivity contribution is 7.89. The number of aromatic nitrogens is 2. The number of fused-ring (bicyclic) bond motifs is 1. The predicted molar refractivity (Wildman–Crippen MR) is 98.0 cm³/mol. The van der Waals surface area contributed by atoms with Gasteiger partial charge in [0, 0.05) is 18.7 Å². The Kier molecular flexibility index (Phi) is 6.44. The Bertz CT molecular complexity index is 866. The van der Waals surface area contributed by atoms with Crippen LogP contribution in [0.25, 0.3) is 11.0 Å². The van der Waals surface area contributed by atoms with Crippen LogP contribution in [0.15, 0.2) is 18.2 Å². The molecule has 0 saturated heterocycles. The van der Waals surface area contributed by atoms with Crippen molar-refractivity contribution < 1.29 is 13.2 Å². The maximum Gasteiger partial charge on any atom is 0.251 e. The maximum absolute atomic E-state index is 12.2. The summed E-state index contributed by atoms with van der Waals surface area (Å²) in [6.45, 7) is 6.10. The van der Waals surface area contributed by atoms with Crippen molar-refractivity contribution >= 4 is 27.0 Å². The molecule has 1 heterocycles. The van der Waals surface area contributed by atoms with Crippen molar-refractivity contribution in [1.29, 1.82) is 0 Å². The molecule has 25 heavy (non-hydrogen) atoms. The molecule has 0 aliphatic heterocycles. The number of hydrogen-bond donors (Lipinski definition) is 2. The summed E-state index contributed by atoms with van der Waals surface area (Å²) in [5.74, 6) is -0.158. The highest BCUT2D eigenvalue weighted by Gasteiger charge is 2.10. The number of aryl methyl sites for hydroxylation is 2. The molecule has 7 nitrogen and oxygen atoms in total. The zero-order chi connectivity index (χ0) is 18.4. The molecule has 0 fully saturated rings. The minimum absolute atomic E-state index is 0.111. The van der Waals surface area contributed by atoms with Gasteiger partial charge in [-0.25, -0.2) is 23.1 Å². The van der Waals surface area contributed by atoms with Crippen molar-refractivity contribution in [1.82, 2.24) is 20.0 Å². The van der Waals surface area contributed by atoms with Crippen molar-refractivity contribution in [3.63, 3.8) is 0 Å². The third kappa shape index (κ3) is 5.47. The lowest BCUT2D eigenvalue weighted by Crippen LogP contribution is -2.35. The molecule has 1 aromatic carbocycles. The van der Waals surface area contributed by atoms with E-state index in [0.29, 0.717) is 17.5 Å². The van der Waals surface area contributed by atoms with Crippen LogP contribution in [-0.4, -0.2) is 43.1 Å². The third-order valence-corrected chi connectivity index (χ3v) is 5.31. The average molecular weight is 364 g/mol. The van der Waals surface area contributed by atoms with Crippen molar-refractivity contribution in [2.75, 3.05) is 18.8 Å². The Morgan fingerprint density at radius 3 is 2.44 bits per heavy atom. The van der Waals surface area contributed by atoms with Gasteiger partial charge in [-0.3, -0.25) is 4.79 Å². The fourth-order valence-electron chi connectivity index (χ4n) is 2.26. The van der Waals surface area contributed by atoms with Gasteiger partial charge in [0.1, 0.15) is 0 Å². The van der Waals surface area contributed by atoms with Gasteiger partial charge in [0.15, 0.2) is 0 Å². The van der Waals surface area contributed by atoms with Crippen molar-refractivity contribution in [2.24, 2.45) is 0 Å². The van der Waals surface area contributed by atoms with Gasteiger partial charge in [-0.15, -0.1) is 0 Å². The molecule has 0 bridgehead atoms. The monoisotopic (exact) mass is 364 g/mol. The Morgan fingerprint density at radius 1 is 1.08 bits per heavy atom. The molecule has 0 unspecified atom stereocenters. The van der Waals surface area contributed by atoms with Gasteiger partial charge >= 0.3 is 0 Å². The first-order chi connectivity index (χ1) is 11.8. The quantitative estimate of drug-likeness (QED) is 0.694. The lowest BCUT2D eigenvalue weighted by Gasteiger charge is -2.08. The summed E-state index contributed by atoms with van der Waals surface area (Å²) < 4.78 is 25.8. The van der Waals surface area contributed by atoms with E-state index in [9.17, 15) is 13.2 Å². The summed E-state index contributed by atoms with van der Waals surface area (Å²) in [5.41, 5.74) is 3.56. The minimum Gasteiger partial charge on any atom is -0.351 e. The number of sulfonamides is 1. The molecule has 1 aromatic heterocycles. The lowest BCUT2D eigenvalue weighted by molar-refractivity contribution is 0.0954. The van der Waals surface area contributed by atoms with Crippen LogP contribution in [0.3, 0.4) is 0 Å². The number of hydrogen-bond acceptors (Lipinski definition) is 5. The van der Waals surface area contributed by atoms with Gasteiger partial charge in [-0.2, -0.15) is 0 Å². The maximum atomic E-state index is 12.2. The van der Waals surface area contributed by atoms with Crippen LogP contribution >= 0.6 is 0 Å². The smallest absolute Gasteiger partial charge is 0.251 e. The van der Waals surface area contributed by atoms with Crippen LogP contribution in [0.5, 0.6) is 0 Å². The van der Waals surface area contributed by atoms with Crippen LogP contribution < -0.4 is 10.0 Å². The van der Waals surface area contributed by atoms with E-state index in [1.807, 2.05) is 20.8 Å². The van der Waals surface area contributed by atoms with E-state index in [0.717, 1.165) is 23.3 Å². The number of nitrogens with zero attached hydrogens (tertiary/aromatic N) is 2. The molecule has 8 heteroatoms. The van der Waals surface area contributed by atoms with Crippen molar-refractivity contribution in [3.05, 3.63) is 35.2 Å².